The van der Waals surface area contributed by atoms with E-state index in [4.69, 9.17) is 0 Å². The van der Waals surface area contributed by atoms with Gasteiger partial charge in [-0.1, -0.05) is 53.5 Å². The molecule has 0 fully saturated rings. The Bertz CT molecular complexity index is 954. The predicted octanol–water partition coefficient (Wildman–Crippen LogP) is 2.97. The van der Waals surface area contributed by atoms with E-state index in [2.05, 4.69) is 10.8 Å². The molecule has 1 aliphatic rings. The van der Waals surface area contributed by atoms with Gasteiger partial charge < -0.3 is 4.55 Å². The molecule has 3 rings (SSSR count). The molecule has 0 bridgehead atoms. The van der Waals surface area contributed by atoms with Gasteiger partial charge in [-0.05, 0) is 60.9 Å². The van der Waals surface area contributed by atoms with E-state index in [9.17, 15) is 17.2 Å². The minimum absolute atomic E-state index is 0.0235. The second-order valence-electron chi connectivity index (χ2n) is 7.28. The number of hydrogen-bond donors (Lipinski definition) is 1. The van der Waals surface area contributed by atoms with Crippen molar-refractivity contribution in [1.29, 1.82) is 0 Å². The second kappa shape index (κ2) is 8.22. The number of nitrogens with one attached hydrogen (secondary N) is 1. The van der Waals surface area contributed by atoms with Crippen molar-refractivity contribution in [3.8, 4) is 0 Å². The van der Waals surface area contributed by atoms with Crippen LogP contribution in [0, 0.1) is 0 Å². The molecule has 2 atom stereocenters. The van der Waals surface area contributed by atoms with Gasteiger partial charge in [0.1, 0.15) is 0 Å². The maximum absolute atomic E-state index is 12.2. The summed E-state index contributed by atoms with van der Waals surface area (Å²) >= 11 is -2.09. The smallest absolute Gasteiger partial charge is 0.214 e. The normalized spacial score (nSPS) is 17.9. The molecule has 5 nitrogen and oxygen atoms in total. The molecule has 0 heterocycles. The van der Waals surface area contributed by atoms with Crippen molar-refractivity contribution in [2.75, 3.05) is 0 Å². The lowest BCUT2D eigenvalue weighted by molar-refractivity contribution is 0.536. The summed E-state index contributed by atoms with van der Waals surface area (Å²) in [5, 5.41) is -0.448. The van der Waals surface area contributed by atoms with Gasteiger partial charge >= 0.3 is 0 Å². The van der Waals surface area contributed by atoms with E-state index in [0.717, 1.165) is 41.5 Å². The number of hydrogen-bond acceptors (Lipinski definition) is 4. The van der Waals surface area contributed by atoms with Crippen LogP contribution in [0.15, 0.2) is 42.5 Å². The molecular formula is C20H24NO4S2-. The molecule has 0 spiro atoms. The Labute approximate surface area is 163 Å². The molecule has 0 aromatic heterocycles. The molecule has 27 heavy (non-hydrogen) atoms. The molecule has 146 valence electrons. The average molecular weight is 407 g/mol. The fourth-order valence-electron chi connectivity index (χ4n) is 3.44. The van der Waals surface area contributed by atoms with E-state index in [0.29, 0.717) is 0 Å². The topological polar surface area (TPSA) is 86.3 Å². The second-order valence-corrected chi connectivity index (χ2v) is 10.4. The summed E-state index contributed by atoms with van der Waals surface area (Å²) in [6.45, 7) is 3.36. The summed E-state index contributed by atoms with van der Waals surface area (Å²) in [6, 6.07) is 13.6. The Morgan fingerprint density at radius 2 is 1.85 bits per heavy atom. The quantitative estimate of drug-likeness (QED) is 0.716. The monoisotopic (exact) mass is 406 g/mol. The van der Waals surface area contributed by atoms with Gasteiger partial charge in [-0.25, -0.2) is 13.1 Å². The van der Waals surface area contributed by atoms with Crippen LogP contribution in [0.25, 0.3) is 0 Å². The predicted molar refractivity (Wildman–Crippen MR) is 107 cm³/mol. The molecule has 1 N–H and O–H groups in total. The molecule has 0 aliphatic heterocycles. The van der Waals surface area contributed by atoms with Crippen molar-refractivity contribution in [2.45, 2.75) is 50.2 Å². The molecular weight excluding hydrogens is 382 g/mol. The van der Waals surface area contributed by atoms with Crippen LogP contribution in [0.2, 0.25) is 0 Å². The fourth-order valence-corrected chi connectivity index (χ4v) is 4.80. The first kappa shape index (κ1) is 20.2. The lowest BCUT2D eigenvalue weighted by atomic mass is 9.99. The standard InChI is InChI=1S/C20H25NO4S2/c1-14(2)27(24,25)21-20-9-7-18-12-16(6-8-19(18)20)10-15-4-3-5-17(11-15)13-26(22)23/h3-6,8,11-12,14,20-21H,7,9-10,13H2,1-2H3,(H,22,23)/p-1. The molecule has 0 radical (unpaired) electrons. The van der Waals surface area contributed by atoms with E-state index >= 15 is 0 Å². The van der Waals surface area contributed by atoms with Crippen LogP contribution in [0.3, 0.4) is 0 Å². The summed E-state index contributed by atoms with van der Waals surface area (Å²) in [7, 11) is -3.30. The SMILES string of the molecule is CC(C)S(=O)(=O)NC1CCc2cc(Cc3cccc(CS(=O)[O-])c3)ccc21. The number of aryl methyl sites for hydroxylation is 1. The highest BCUT2D eigenvalue weighted by Crippen LogP contribution is 2.33. The van der Waals surface area contributed by atoms with Gasteiger partial charge in [0.15, 0.2) is 0 Å². The Balaban J connectivity index is 1.75. The van der Waals surface area contributed by atoms with Crippen LogP contribution in [-0.2, 0) is 39.7 Å². The third-order valence-corrected chi connectivity index (χ3v) is 7.32. The Kier molecular flexibility index (Phi) is 6.15. The van der Waals surface area contributed by atoms with Gasteiger partial charge in [0.2, 0.25) is 10.0 Å². The van der Waals surface area contributed by atoms with Gasteiger partial charge in [0, 0.05) is 11.8 Å². The minimum atomic E-state index is -3.30. The van der Waals surface area contributed by atoms with Crippen molar-refractivity contribution in [2.24, 2.45) is 0 Å². The van der Waals surface area contributed by atoms with Crippen LogP contribution in [0.1, 0.15) is 54.1 Å². The average Bonchev–Trinajstić information content (AvgIpc) is 2.96. The molecule has 2 aromatic carbocycles. The zero-order chi connectivity index (χ0) is 19.6. The van der Waals surface area contributed by atoms with Crippen LogP contribution in [0.5, 0.6) is 0 Å². The number of rotatable bonds is 7. The molecule has 0 amide bonds. The van der Waals surface area contributed by atoms with Gasteiger partial charge in [0.05, 0.1) is 5.25 Å². The highest BCUT2D eigenvalue weighted by atomic mass is 32.2. The van der Waals surface area contributed by atoms with Crippen molar-refractivity contribution in [3.63, 3.8) is 0 Å². The molecule has 0 saturated heterocycles. The van der Waals surface area contributed by atoms with E-state index in [-0.39, 0.29) is 11.8 Å². The third-order valence-electron chi connectivity index (χ3n) is 4.90. The Hall–Kier alpha value is -1.54. The number of sulfonamides is 1. The summed E-state index contributed by atoms with van der Waals surface area (Å²) in [5.41, 5.74) is 5.22. The van der Waals surface area contributed by atoms with Gasteiger partial charge in [-0.3, -0.25) is 4.21 Å². The van der Waals surface area contributed by atoms with Gasteiger partial charge in [-0.15, -0.1) is 0 Å². The lowest BCUT2D eigenvalue weighted by Gasteiger charge is -2.17. The largest absolute Gasteiger partial charge is 0.772 e. The summed E-state index contributed by atoms with van der Waals surface area (Å²) in [6.07, 6.45) is 2.34. The number of fused-ring (bicyclic) bond motifs is 1. The Morgan fingerprint density at radius 3 is 2.56 bits per heavy atom. The van der Waals surface area contributed by atoms with Crippen molar-refractivity contribution in [1.82, 2.24) is 4.72 Å². The fraction of sp³-hybridized carbons (Fsp3) is 0.400. The van der Waals surface area contributed by atoms with Crippen molar-refractivity contribution >= 4 is 21.1 Å². The lowest BCUT2D eigenvalue weighted by Crippen LogP contribution is -2.33. The first-order valence-corrected chi connectivity index (χ1v) is 11.8. The zero-order valence-electron chi connectivity index (χ0n) is 15.5. The summed E-state index contributed by atoms with van der Waals surface area (Å²) < 4.78 is 48.9. The van der Waals surface area contributed by atoms with Gasteiger partial charge in [-0.2, -0.15) is 0 Å². The maximum Gasteiger partial charge on any atom is 0.214 e. The third kappa shape index (κ3) is 5.04. The molecule has 2 aromatic rings. The summed E-state index contributed by atoms with van der Waals surface area (Å²) in [4.78, 5) is 0. The van der Waals surface area contributed by atoms with E-state index in [1.165, 1.54) is 5.56 Å². The van der Waals surface area contributed by atoms with Gasteiger partial charge in [0.25, 0.3) is 0 Å². The van der Waals surface area contributed by atoms with Crippen LogP contribution in [-0.4, -0.2) is 22.4 Å². The van der Waals surface area contributed by atoms with Crippen molar-refractivity contribution < 1.29 is 17.2 Å². The first-order valence-electron chi connectivity index (χ1n) is 9.01. The van der Waals surface area contributed by atoms with Crippen LogP contribution < -0.4 is 4.72 Å². The Morgan fingerprint density at radius 1 is 1.15 bits per heavy atom. The minimum Gasteiger partial charge on any atom is -0.772 e. The van der Waals surface area contributed by atoms with Crippen LogP contribution in [0.4, 0.5) is 0 Å². The van der Waals surface area contributed by atoms with E-state index in [1.807, 2.05) is 36.4 Å². The van der Waals surface area contributed by atoms with Crippen molar-refractivity contribution in [3.05, 3.63) is 70.3 Å². The molecule has 1 aliphatic carbocycles. The number of benzene rings is 2. The van der Waals surface area contributed by atoms with E-state index < -0.39 is 26.4 Å². The molecule has 7 heteroatoms. The molecule has 0 saturated carbocycles. The molecule has 2 unspecified atom stereocenters. The summed E-state index contributed by atoms with van der Waals surface area (Å²) in [5.74, 6) is 0.0235. The first-order chi connectivity index (χ1) is 12.7. The maximum atomic E-state index is 12.2. The van der Waals surface area contributed by atoms with E-state index in [1.54, 1.807) is 13.8 Å². The highest BCUT2D eigenvalue weighted by molar-refractivity contribution is 7.90. The van der Waals surface area contributed by atoms with Crippen LogP contribution >= 0.6 is 0 Å². The zero-order valence-corrected chi connectivity index (χ0v) is 17.1. The highest BCUT2D eigenvalue weighted by Gasteiger charge is 2.28.